The van der Waals surface area contributed by atoms with Crippen LogP contribution in [0.15, 0.2) is 53.0 Å². The van der Waals surface area contributed by atoms with E-state index in [1.807, 2.05) is 29.2 Å². The van der Waals surface area contributed by atoms with E-state index in [4.69, 9.17) is 4.74 Å². The molecule has 0 unspecified atom stereocenters. The van der Waals surface area contributed by atoms with Crippen molar-refractivity contribution >= 4 is 21.8 Å². The zero-order chi connectivity index (χ0) is 19.9. The fourth-order valence-corrected chi connectivity index (χ4v) is 3.78. The summed E-state index contributed by atoms with van der Waals surface area (Å²) in [5, 5.41) is 0. The van der Waals surface area contributed by atoms with Crippen molar-refractivity contribution in [1.82, 2.24) is 9.80 Å². The molecule has 4 nitrogen and oxygen atoms in total. The molecule has 0 aliphatic carbocycles. The minimum absolute atomic E-state index is 0.0915. The lowest BCUT2D eigenvalue weighted by molar-refractivity contribution is 0.0628. The summed E-state index contributed by atoms with van der Waals surface area (Å²) in [7, 11) is 0. The first-order valence-electron chi connectivity index (χ1n) is 10.0. The molecule has 0 N–H and O–H groups in total. The number of hydrogen-bond acceptors (Lipinski definition) is 3. The van der Waals surface area contributed by atoms with Gasteiger partial charge in [-0.15, -0.1) is 0 Å². The summed E-state index contributed by atoms with van der Waals surface area (Å²) >= 11 is 3.55. The van der Waals surface area contributed by atoms with Gasteiger partial charge in [-0.05, 0) is 52.0 Å². The molecular weight excluding hydrogens is 416 g/mol. The van der Waals surface area contributed by atoms with Crippen molar-refractivity contribution in [2.75, 3.05) is 32.8 Å². The maximum atomic E-state index is 12.9. The van der Waals surface area contributed by atoms with Crippen LogP contribution in [0.5, 0.6) is 5.75 Å². The first kappa shape index (κ1) is 20.9. The van der Waals surface area contributed by atoms with Crippen molar-refractivity contribution < 1.29 is 9.53 Å². The third-order valence-electron chi connectivity index (χ3n) is 5.04. The van der Waals surface area contributed by atoms with Crippen LogP contribution in [0.2, 0.25) is 0 Å². The molecule has 1 aliphatic rings. The van der Waals surface area contributed by atoms with Crippen molar-refractivity contribution in [2.24, 2.45) is 5.92 Å². The van der Waals surface area contributed by atoms with E-state index in [-0.39, 0.29) is 5.91 Å². The Bertz CT molecular complexity index is 771. The fraction of sp³-hybridized carbons (Fsp3) is 0.435. The summed E-state index contributed by atoms with van der Waals surface area (Å²) in [6.07, 6.45) is 1.01. The van der Waals surface area contributed by atoms with Crippen LogP contribution < -0.4 is 4.74 Å². The number of piperazine rings is 1. The number of carbonyl (C=O) groups is 1. The van der Waals surface area contributed by atoms with Crippen molar-refractivity contribution in [2.45, 2.75) is 26.8 Å². The third kappa shape index (κ3) is 5.82. The Hall–Kier alpha value is -1.85. The molecule has 1 saturated heterocycles. The summed E-state index contributed by atoms with van der Waals surface area (Å²) in [6, 6.07) is 16.1. The van der Waals surface area contributed by atoms with E-state index in [0.29, 0.717) is 18.1 Å². The predicted molar refractivity (Wildman–Crippen MR) is 117 cm³/mol. The normalized spacial score (nSPS) is 15.1. The highest BCUT2D eigenvalue weighted by Gasteiger charge is 2.22. The highest BCUT2D eigenvalue weighted by Crippen LogP contribution is 2.27. The molecule has 0 saturated carbocycles. The van der Waals surface area contributed by atoms with Gasteiger partial charge in [-0.25, -0.2) is 0 Å². The van der Waals surface area contributed by atoms with Gasteiger partial charge in [-0.1, -0.05) is 44.2 Å². The van der Waals surface area contributed by atoms with Crippen LogP contribution in [0.4, 0.5) is 0 Å². The van der Waals surface area contributed by atoms with Crippen LogP contribution in [0.1, 0.15) is 36.2 Å². The molecule has 2 aromatic rings. The van der Waals surface area contributed by atoms with Gasteiger partial charge in [0, 0.05) is 38.3 Å². The van der Waals surface area contributed by atoms with Crippen LogP contribution in [0.3, 0.4) is 0 Å². The Morgan fingerprint density at radius 1 is 1.07 bits per heavy atom. The zero-order valence-corrected chi connectivity index (χ0v) is 18.3. The number of halogens is 1. The standard InChI is InChI=1S/C23H29BrN2O2/c1-18(2)10-15-28-22-9-8-20(16-21(22)24)23(27)26-13-11-25(12-14-26)17-19-6-4-3-5-7-19/h3-9,16,18H,10-15,17H2,1-2H3. The van der Waals surface area contributed by atoms with Crippen molar-refractivity contribution in [3.8, 4) is 5.75 Å². The quantitative estimate of drug-likeness (QED) is 0.612. The largest absolute Gasteiger partial charge is 0.492 e. The predicted octanol–water partition coefficient (Wildman–Crippen LogP) is 4.83. The van der Waals surface area contributed by atoms with Gasteiger partial charge in [0.05, 0.1) is 11.1 Å². The molecule has 2 aromatic carbocycles. The van der Waals surface area contributed by atoms with Gasteiger partial charge in [0.1, 0.15) is 5.75 Å². The van der Waals surface area contributed by atoms with E-state index >= 15 is 0 Å². The summed E-state index contributed by atoms with van der Waals surface area (Å²) < 4.78 is 6.66. The minimum Gasteiger partial charge on any atom is -0.492 e. The maximum Gasteiger partial charge on any atom is 0.253 e. The van der Waals surface area contributed by atoms with Crippen LogP contribution in [0, 0.1) is 5.92 Å². The lowest BCUT2D eigenvalue weighted by Crippen LogP contribution is -2.48. The highest BCUT2D eigenvalue weighted by molar-refractivity contribution is 9.10. The highest BCUT2D eigenvalue weighted by atomic mass is 79.9. The van der Waals surface area contributed by atoms with Gasteiger partial charge in [0.15, 0.2) is 0 Å². The van der Waals surface area contributed by atoms with Crippen molar-refractivity contribution in [3.05, 3.63) is 64.1 Å². The molecule has 0 spiro atoms. The molecule has 0 atom stereocenters. The van der Waals surface area contributed by atoms with Gasteiger partial charge in [0.2, 0.25) is 0 Å². The lowest BCUT2D eigenvalue weighted by atomic mass is 10.1. The summed E-state index contributed by atoms with van der Waals surface area (Å²) in [5.41, 5.74) is 2.03. The number of rotatable bonds is 7. The topological polar surface area (TPSA) is 32.8 Å². The molecule has 1 heterocycles. The molecule has 0 aromatic heterocycles. The lowest BCUT2D eigenvalue weighted by Gasteiger charge is -2.34. The second-order valence-electron chi connectivity index (χ2n) is 7.73. The molecule has 0 radical (unpaired) electrons. The summed E-state index contributed by atoms with van der Waals surface area (Å²) in [6.45, 7) is 9.31. The minimum atomic E-state index is 0.0915. The van der Waals surface area contributed by atoms with Gasteiger partial charge < -0.3 is 9.64 Å². The molecule has 3 rings (SSSR count). The molecule has 150 valence electrons. The number of ether oxygens (including phenoxy) is 1. The SMILES string of the molecule is CC(C)CCOc1ccc(C(=O)N2CCN(Cc3ccccc3)CC2)cc1Br. The Balaban J connectivity index is 1.52. The van der Waals surface area contributed by atoms with Crippen LogP contribution >= 0.6 is 15.9 Å². The van der Waals surface area contributed by atoms with Gasteiger partial charge in [-0.2, -0.15) is 0 Å². The Morgan fingerprint density at radius 3 is 2.43 bits per heavy atom. The summed E-state index contributed by atoms with van der Waals surface area (Å²) in [4.78, 5) is 17.2. The van der Waals surface area contributed by atoms with E-state index < -0.39 is 0 Å². The van der Waals surface area contributed by atoms with Gasteiger partial charge >= 0.3 is 0 Å². The smallest absolute Gasteiger partial charge is 0.253 e. The second-order valence-corrected chi connectivity index (χ2v) is 8.58. The van der Waals surface area contributed by atoms with Crippen molar-refractivity contribution in [1.29, 1.82) is 0 Å². The van der Waals surface area contributed by atoms with Crippen molar-refractivity contribution in [3.63, 3.8) is 0 Å². The van der Waals surface area contributed by atoms with E-state index in [9.17, 15) is 4.79 Å². The number of benzene rings is 2. The molecular formula is C23H29BrN2O2. The fourth-order valence-electron chi connectivity index (χ4n) is 3.29. The van der Waals surface area contributed by atoms with E-state index in [0.717, 1.165) is 49.4 Å². The van der Waals surface area contributed by atoms with E-state index in [2.05, 4.69) is 58.9 Å². The Morgan fingerprint density at radius 2 is 1.79 bits per heavy atom. The molecule has 1 aliphatic heterocycles. The van der Waals surface area contributed by atoms with Crippen LogP contribution in [-0.2, 0) is 6.54 Å². The van der Waals surface area contributed by atoms with E-state index in [1.54, 1.807) is 0 Å². The first-order chi connectivity index (χ1) is 13.5. The first-order valence-corrected chi connectivity index (χ1v) is 10.8. The second kappa shape index (κ2) is 10.1. The monoisotopic (exact) mass is 444 g/mol. The Labute approximate surface area is 176 Å². The number of carbonyl (C=O) groups excluding carboxylic acids is 1. The zero-order valence-electron chi connectivity index (χ0n) is 16.7. The number of amides is 1. The molecule has 0 bridgehead atoms. The van der Waals surface area contributed by atoms with Gasteiger partial charge in [-0.3, -0.25) is 9.69 Å². The number of nitrogens with zero attached hydrogens (tertiary/aromatic N) is 2. The van der Waals surface area contributed by atoms with E-state index in [1.165, 1.54) is 5.56 Å². The molecule has 1 amide bonds. The molecule has 28 heavy (non-hydrogen) atoms. The van der Waals surface area contributed by atoms with Gasteiger partial charge in [0.25, 0.3) is 5.91 Å². The Kier molecular flexibility index (Phi) is 7.51. The number of hydrogen-bond donors (Lipinski definition) is 0. The van der Waals surface area contributed by atoms with Crippen LogP contribution in [-0.4, -0.2) is 48.5 Å². The molecule has 1 fully saturated rings. The summed E-state index contributed by atoms with van der Waals surface area (Å²) in [5.74, 6) is 1.50. The average Bonchev–Trinajstić information content (AvgIpc) is 2.70. The molecule has 5 heteroatoms. The third-order valence-corrected chi connectivity index (χ3v) is 5.66. The maximum absolute atomic E-state index is 12.9. The average molecular weight is 445 g/mol. The van der Waals surface area contributed by atoms with Crippen LogP contribution in [0.25, 0.3) is 0 Å².